The van der Waals surface area contributed by atoms with Gasteiger partial charge >= 0.3 is 0 Å². The third-order valence-electron chi connectivity index (χ3n) is 5.81. The molecule has 2 aromatic carbocycles. The molecule has 0 saturated carbocycles. The third-order valence-corrected chi connectivity index (χ3v) is 7.40. The molecule has 1 aliphatic rings. The number of benzene rings is 2. The van der Waals surface area contributed by atoms with Crippen molar-refractivity contribution in [2.45, 2.75) is 32.2 Å². The van der Waals surface area contributed by atoms with E-state index in [2.05, 4.69) is 4.90 Å². The van der Waals surface area contributed by atoms with Gasteiger partial charge in [-0.15, -0.1) is 0 Å². The fraction of sp³-hybridized carbons (Fsp3) is 0.458. The predicted octanol–water partition coefficient (Wildman–Crippen LogP) is 3.80. The Bertz CT molecular complexity index is 941. The van der Waals surface area contributed by atoms with Gasteiger partial charge in [0.25, 0.3) is 0 Å². The van der Waals surface area contributed by atoms with Crippen molar-refractivity contribution in [2.24, 2.45) is 0 Å². The van der Waals surface area contributed by atoms with Crippen molar-refractivity contribution < 1.29 is 22.0 Å². The van der Waals surface area contributed by atoms with Gasteiger partial charge in [0, 0.05) is 26.2 Å². The summed E-state index contributed by atoms with van der Waals surface area (Å²) in [6.07, 6.45) is 2.34. The second-order valence-electron chi connectivity index (χ2n) is 8.22. The zero-order valence-electron chi connectivity index (χ0n) is 18.3. The molecule has 0 aromatic heterocycles. The quantitative estimate of drug-likeness (QED) is 0.530. The van der Waals surface area contributed by atoms with Gasteiger partial charge in [-0.25, -0.2) is 17.2 Å². The van der Waals surface area contributed by atoms with Crippen molar-refractivity contribution in [1.82, 2.24) is 9.80 Å². The van der Waals surface area contributed by atoms with Crippen LogP contribution in [0.15, 0.2) is 48.5 Å². The number of carbonyl (C=O) groups is 1. The Labute approximate surface area is 188 Å². The first-order valence-corrected chi connectivity index (χ1v) is 12.8. The highest BCUT2D eigenvalue weighted by atomic mass is 32.2. The molecule has 2 aromatic rings. The molecule has 0 unspecified atom stereocenters. The average Bonchev–Trinajstić information content (AvgIpc) is 2.77. The predicted molar refractivity (Wildman–Crippen MR) is 121 cm³/mol. The minimum atomic E-state index is -3.40. The number of carbonyl (C=O) groups excluding carboxylic acids is 1. The van der Waals surface area contributed by atoms with E-state index in [4.69, 9.17) is 0 Å². The molecule has 0 atom stereocenters. The van der Waals surface area contributed by atoms with Crippen LogP contribution in [0.1, 0.15) is 43.4 Å². The van der Waals surface area contributed by atoms with E-state index in [1.54, 1.807) is 29.2 Å². The first kappa shape index (κ1) is 24.3. The summed E-state index contributed by atoms with van der Waals surface area (Å²) in [4.78, 5) is 16.3. The molecule has 0 spiro atoms. The van der Waals surface area contributed by atoms with Crippen molar-refractivity contribution >= 4 is 15.7 Å². The molecule has 5 nitrogen and oxygen atoms in total. The van der Waals surface area contributed by atoms with Gasteiger partial charge in [0.05, 0.1) is 11.8 Å². The van der Waals surface area contributed by atoms with Gasteiger partial charge in [-0.05, 0) is 41.8 Å². The Morgan fingerprint density at radius 3 is 1.84 bits per heavy atom. The van der Waals surface area contributed by atoms with Crippen molar-refractivity contribution in [3.63, 3.8) is 0 Å². The smallest absolute Gasteiger partial charge is 0.237 e. The number of unbranched alkanes of at least 4 members (excludes halogenated alkanes) is 2. The lowest BCUT2D eigenvalue weighted by Crippen LogP contribution is -2.51. The van der Waals surface area contributed by atoms with Crippen molar-refractivity contribution in [3.05, 3.63) is 71.3 Å². The molecule has 1 heterocycles. The molecule has 0 bridgehead atoms. The summed E-state index contributed by atoms with van der Waals surface area (Å²) in [5, 5.41) is 0. The molecular formula is C24H30F2N2O3S. The van der Waals surface area contributed by atoms with Gasteiger partial charge in [0.1, 0.15) is 17.4 Å². The summed E-state index contributed by atoms with van der Waals surface area (Å²) in [6, 6.07) is 12.2. The second kappa shape index (κ2) is 11.0. The zero-order chi connectivity index (χ0) is 23.1. The van der Waals surface area contributed by atoms with Crippen LogP contribution < -0.4 is 0 Å². The largest absolute Gasteiger partial charge is 0.339 e. The molecule has 32 heavy (non-hydrogen) atoms. The SMILES string of the molecule is CCCCCS(=O)(=O)CC(=O)N1CCN(C(c2ccc(F)cc2)c2ccc(F)cc2)CC1. The van der Waals surface area contributed by atoms with Gasteiger partial charge in [0.15, 0.2) is 9.84 Å². The normalized spacial score (nSPS) is 15.3. The van der Waals surface area contributed by atoms with E-state index in [0.29, 0.717) is 32.6 Å². The lowest BCUT2D eigenvalue weighted by Gasteiger charge is -2.39. The van der Waals surface area contributed by atoms with E-state index >= 15 is 0 Å². The van der Waals surface area contributed by atoms with Gasteiger partial charge in [-0.1, -0.05) is 44.0 Å². The summed E-state index contributed by atoms with van der Waals surface area (Å²) in [6.45, 7) is 3.87. The lowest BCUT2D eigenvalue weighted by molar-refractivity contribution is -0.130. The van der Waals surface area contributed by atoms with Gasteiger partial charge < -0.3 is 4.90 Å². The number of amides is 1. The van der Waals surface area contributed by atoms with Crippen molar-refractivity contribution in [2.75, 3.05) is 37.7 Å². The second-order valence-corrected chi connectivity index (χ2v) is 10.4. The minimum Gasteiger partial charge on any atom is -0.339 e. The minimum absolute atomic E-state index is 0.0454. The zero-order valence-corrected chi connectivity index (χ0v) is 19.2. The molecule has 174 valence electrons. The van der Waals surface area contributed by atoms with Crippen LogP contribution in [0.3, 0.4) is 0 Å². The highest BCUT2D eigenvalue weighted by Gasteiger charge is 2.30. The van der Waals surface area contributed by atoms with Gasteiger partial charge in [-0.3, -0.25) is 9.69 Å². The van der Waals surface area contributed by atoms with Crippen LogP contribution in [0.2, 0.25) is 0 Å². The van der Waals surface area contributed by atoms with Crippen LogP contribution in [0, 0.1) is 11.6 Å². The fourth-order valence-corrected chi connectivity index (χ4v) is 5.40. The van der Waals surface area contributed by atoms with Crippen molar-refractivity contribution in [3.8, 4) is 0 Å². The molecule has 1 amide bonds. The summed E-state index contributed by atoms with van der Waals surface area (Å²) >= 11 is 0. The Morgan fingerprint density at radius 2 is 1.38 bits per heavy atom. The number of hydrogen-bond acceptors (Lipinski definition) is 4. The van der Waals surface area contributed by atoms with E-state index in [0.717, 1.165) is 24.0 Å². The number of halogens is 2. The number of rotatable bonds is 9. The fourth-order valence-electron chi connectivity index (χ4n) is 4.06. The monoisotopic (exact) mass is 464 g/mol. The molecule has 0 radical (unpaired) electrons. The molecule has 0 N–H and O–H groups in total. The number of nitrogens with zero attached hydrogens (tertiary/aromatic N) is 2. The lowest BCUT2D eigenvalue weighted by atomic mass is 9.96. The molecule has 1 fully saturated rings. The molecule has 1 saturated heterocycles. The van der Waals surface area contributed by atoms with Crippen LogP contribution in [-0.4, -0.2) is 61.8 Å². The Balaban J connectivity index is 1.68. The molecule has 0 aliphatic carbocycles. The maximum absolute atomic E-state index is 13.5. The van der Waals surface area contributed by atoms with Crippen LogP contribution in [-0.2, 0) is 14.6 Å². The van der Waals surface area contributed by atoms with Crippen LogP contribution >= 0.6 is 0 Å². The van der Waals surface area contributed by atoms with Gasteiger partial charge in [-0.2, -0.15) is 0 Å². The Morgan fingerprint density at radius 1 is 0.875 bits per heavy atom. The third kappa shape index (κ3) is 6.59. The average molecular weight is 465 g/mol. The summed E-state index contributed by atoms with van der Waals surface area (Å²) in [7, 11) is -3.40. The maximum atomic E-state index is 13.5. The molecule has 1 aliphatic heterocycles. The standard InChI is InChI=1S/C24H30F2N2O3S/c1-2-3-4-17-32(30,31)18-23(29)27-13-15-28(16-14-27)24(19-5-9-21(25)10-6-19)20-7-11-22(26)12-8-20/h5-12,24H,2-4,13-18H2,1H3. The van der Waals surface area contributed by atoms with Crippen LogP contribution in [0.25, 0.3) is 0 Å². The molecule has 8 heteroatoms. The summed E-state index contributed by atoms with van der Waals surface area (Å²) < 4.78 is 51.4. The van der Waals surface area contributed by atoms with Gasteiger partial charge in [0.2, 0.25) is 5.91 Å². The molecule has 3 rings (SSSR count). The highest BCUT2D eigenvalue weighted by Crippen LogP contribution is 2.30. The van der Waals surface area contributed by atoms with E-state index in [1.807, 2.05) is 6.92 Å². The van der Waals surface area contributed by atoms with E-state index in [1.165, 1.54) is 24.3 Å². The first-order valence-electron chi connectivity index (χ1n) is 11.0. The summed E-state index contributed by atoms with van der Waals surface area (Å²) in [5.41, 5.74) is 1.74. The number of hydrogen-bond donors (Lipinski definition) is 0. The Kier molecular flexibility index (Phi) is 8.37. The molecular weight excluding hydrogens is 434 g/mol. The first-order chi connectivity index (χ1) is 15.3. The van der Waals surface area contributed by atoms with Crippen molar-refractivity contribution in [1.29, 1.82) is 0 Å². The van der Waals surface area contributed by atoms with Crippen LogP contribution in [0.4, 0.5) is 8.78 Å². The van der Waals surface area contributed by atoms with E-state index < -0.39 is 15.6 Å². The maximum Gasteiger partial charge on any atom is 0.237 e. The van der Waals surface area contributed by atoms with Crippen LogP contribution in [0.5, 0.6) is 0 Å². The highest BCUT2D eigenvalue weighted by molar-refractivity contribution is 7.92. The number of piperazine rings is 1. The Hall–Kier alpha value is -2.32. The van der Waals surface area contributed by atoms with E-state index in [9.17, 15) is 22.0 Å². The topological polar surface area (TPSA) is 57.7 Å². The number of sulfone groups is 1. The summed E-state index contributed by atoms with van der Waals surface area (Å²) in [5.74, 6) is -1.43. The van der Waals surface area contributed by atoms with E-state index in [-0.39, 0.29) is 29.3 Å².